The van der Waals surface area contributed by atoms with Crippen molar-refractivity contribution in [1.82, 2.24) is 35.8 Å². The van der Waals surface area contributed by atoms with Crippen molar-refractivity contribution in [1.29, 1.82) is 0 Å². The van der Waals surface area contributed by atoms with E-state index in [2.05, 4.69) is 31.4 Å². The first kappa shape index (κ1) is 40.8. The summed E-state index contributed by atoms with van der Waals surface area (Å²) in [7, 11) is 0. The standard InChI is InChI=1S/C32H37N9O11S4/c1-3-49-32(48)51-15(2)50-28(45)24-17(13-55-21-11-34-39-38-21)14-56-27-23(26(44)41(24)27)37-20(42)9-16-5-4-6-19(36-31-53-7-8-54-31)25(16)52-22(43)10-18-12-40(29(33)46)30(47)35-18/h4-6,11,15,18,23,27,31,36H,3,7-10,12-14H2,1-2H3,(H2,33,46)(H,35,47)(H,37,42)(H,34,38,39)/t15?,18?,23?,27-/m0/s1. The lowest BCUT2D eigenvalue weighted by molar-refractivity contribution is -0.169. The summed E-state index contributed by atoms with van der Waals surface area (Å²) in [6.45, 7) is 2.86. The van der Waals surface area contributed by atoms with Crippen molar-refractivity contribution in [3.8, 4) is 5.75 Å². The van der Waals surface area contributed by atoms with Gasteiger partial charge in [-0.05, 0) is 18.6 Å². The number of carbonyl (C=O) groups excluding carboxylic acids is 7. The molecule has 2 aromatic rings. The third-order valence-corrected chi connectivity index (χ3v) is 13.5. The number of urea groups is 2. The fourth-order valence-corrected chi connectivity index (χ4v) is 10.8. The van der Waals surface area contributed by atoms with Gasteiger partial charge in [-0.3, -0.25) is 19.3 Å². The van der Waals surface area contributed by atoms with E-state index in [1.807, 2.05) is 0 Å². The zero-order chi connectivity index (χ0) is 39.9. The van der Waals surface area contributed by atoms with E-state index in [0.717, 1.165) is 16.4 Å². The minimum Gasteiger partial charge on any atom is -0.435 e. The minimum absolute atomic E-state index is 0.0346. The molecule has 20 nitrogen and oxygen atoms in total. The Labute approximate surface area is 336 Å². The van der Waals surface area contributed by atoms with Gasteiger partial charge >= 0.3 is 30.2 Å². The molecule has 3 unspecified atom stereocenters. The number of aromatic nitrogens is 3. The Hall–Kier alpha value is -4.81. The second-order valence-electron chi connectivity index (χ2n) is 12.2. The van der Waals surface area contributed by atoms with E-state index in [4.69, 9.17) is 24.7 Å². The molecule has 6 rings (SSSR count). The van der Waals surface area contributed by atoms with Crippen LogP contribution >= 0.6 is 47.0 Å². The van der Waals surface area contributed by atoms with Crippen LogP contribution < -0.4 is 26.4 Å². The molecular formula is C32H37N9O11S4. The van der Waals surface area contributed by atoms with Gasteiger partial charge in [0.15, 0.2) is 5.75 Å². The van der Waals surface area contributed by atoms with Gasteiger partial charge in [-0.2, -0.15) is 10.3 Å². The highest BCUT2D eigenvalue weighted by atomic mass is 32.2. The van der Waals surface area contributed by atoms with Gasteiger partial charge in [-0.1, -0.05) is 23.9 Å². The Morgan fingerprint density at radius 1 is 1.12 bits per heavy atom. The second kappa shape index (κ2) is 18.4. The van der Waals surface area contributed by atoms with Gasteiger partial charge in [-0.15, -0.1) is 40.4 Å². The smallest absolute Gasteiger partial charge is 0.435 e. The van der Waals surface area contributed by atoms with Gasteiger partial charge in [0.25, 0.3) is 5.91 Å². The fourth-order valence-electron chi connectivity index (χ4n) is 5.91. The number of primary amides is 1. The number of nitrogens with one attached hydrogen (secondary N) is 4. The van der Waals surface area contributed by atoms with E-state index in [-0.39, 0.29) is 47.9 Å². The maximum Gasteiger partial charge on any atom is 0.511 e. The highest BCUT2D eigenvalue weighted by Crippen LogP contribution is 2.42. The number of nitrogens with two attached hydrogens (primary N) is 1. The van der Waals surface area contributed by atoms with Crippen LogP contribution in [0.15, 0.2) is 40.7 Å². The van der Waals surface area contributed by atoms with Crippen LogP contribution in [-0.4, -0.2) is 132 Å². The lowest BCUT2D eigenvalue weighted by Crippen LogP contribution is -2.70. The predicted molar refractivity (Wildman–Crippen MR) is 204 cm³/mol. The van der Waals surface area contributed by atoms with Crippen LogP contribution in [0.5, 0.6) is 5.75 Å². The van der Waals surface area contributed by atoms with E-state index in [1.165, 1.54) is 41.5 Å². The molecule has 0 bridgehead atoms. The molecule has 4 atom stereocenters. The van der Waals surface area contributed by atoms with E-state index < -0.39 is 65.7 Å². The molecule has 0 spiro atoms. The molecule has 3 saturated heterocycles. The van der Waals surface area contributed by atoms with Crippen LogP contribution in [-0.2, 0) is 39.8 Å². The maximum absolute atomic E-state index is 13.7. The molecular weight excluding hydrogens is 815 g/mol. The van der Waals surface area contributed by atoms with Crippen LogP contribution in [0, 0.1) is 0 Å². The molecule has 24 heteroatoms. The van der Waals surface area contributed by atoms with Gasteiger partial charge in [0, 0.05) is 35.5 Å². The summed E-state index contributed by atoms with van der Waals surface area (Å²) >= 11 is 5.97. The largest absolute Gasteiger partial charge is 0.511 e. The number of hydrogen-bond acceptors (Lipinski definition) is 18. The fraction of sp³-hybridized carbons (Fsp3) is 0.469. The Kier molecular flexibility index (Phi) is 13.4. The summed E-state index contributed by atoms with van der Waals surface area (Å²) in [6.07, 6.45) is -1.42. The molecule has 4 aliphatic heterocycles. The number of hydrogen-bond donors (Lipinski definition) is 5. The number of ether oxygens (including phenoxy) is 4. The summed E-state index contributed by atoms with van der Waals surface area (Å²) in [6, 6.07) is 1.63. The topological polar surface area (TPSA) is 267 Å². The van der Waals surface area contributed by atoms with Crippen molar-refractivity contribution in [2.45, 2.75) is 60.2 Å². The number of imide groups is 1. The quantitative estimate of drug-likeness (QED) is 0.0562. The summed E-state index contributed by atoms with van der Waals surface area (Å²) in [5.41, 5.74) is 6.57. The van der Waals surface area contributed by atoms with Crippen LogP contribution in [0.2, 0.25) is 0 Å². The molecule has 6 N–H and O–H groups in total. The molecule has 300 valence electrons. The van der Waals surface area contributed by atoms with E-state index in [0.29, 0.717) is 27.6 Å². The Morgan fingerprint density at radius 3 is 2.61 bits per heavy atom. The number of fused-ring (bicyclic) bond motifs is 1. The van der Waals surface area contributed by atoms with Crippen LogP contribution in [0.1, 0.15) is 25.8 Å². The first-order valence-electron chi connectivity index (χ1n) is 17.1. The third-order valence-electron chi connectivity index (χ3n) is 8.36. The Bertz CT molecular complexity index is 1900. The van der Waals surface area contributed by atoms with Gasteiger partial charge in [-0.25, -0.2) is 24.1 Å². The first-order chi connectivity index (χ1) is 26.9. The van der Waals surface area contributed by atoms with Gasteiger partial charge in [0.1, 0.15) is 26.8 Å². The number of rotatable bonds is 15. The minimum atomic E-state index is -1.33. The second-order valence-corrected chi connectivity index (χ2v) is 17.1. The zero-order valence-electron chi connectivity index (χ0n) is 29.8. The predicted octanol–water partition coefficient (Wildman–Crippen LogP) is 1.80. The zero-order valence-corrected chi connectivity index (χ0v) is 33.1. The number of H-pyrrole nitrogens is 1. The average molecular weight is 852 g/mol. The number of anilines is 1. The highest BCUT2D eigenvalue weighted by molar-refractivity contribution is 8.20. The Morgan fingerprint density at radius 2 is 1.91 bits per heavy atom. The van der Waals surface area contributed by atoms with Crippen molar-refractivity contribution < 1.29 is 52.5 Å². The first-order valence-corrected chi connectivity index (χ1v) is 21.2. The lowest BCUT2D eigenvalue weighted by Gasteiger charge is -2.49. The number of β-lactam (4-membered cyclic amide) rings is 1. The number of thioether (sulfide) groups is 4. The highest BCUT2D eigenvalue weighted by Gasteiger charge is 2.54. The summed E-state index contributed by atoms with van der Waals surface area (Å²) in [4.78, 5) is 91.6. The number of nitrogens with zero attached hydrogens (tertiary/aromatic N) is 4. The van der Waals surface area contributed by atoms with Gasteiger partial charge in [0.2, 0.25) is 12.2 Å². The van der Waals surface area contributed by atoms with Crippen LogP contribution in [0.3, 0.4) is 0 Å². The van der Waals surface area contributed by atoms with Crippen molar-refractivity contribution >= 4 is 94.7 Å². The molecule has 56 heavy (non-hydrogen) atoms. The third kappa shape index (κ3) is 9.76. The number of carbonyl (C=O) groups is 7. The Balaban J connectivity index is 1.15. The number of esters is 2. The van der Waals surface area contributed by atoms with E-state index in [9.17, 15) is 33.6 Å². The van der Waals surface area contributed by atoms with Crippen LogP contribution in [0.25, 0.3) is 0 Å². The number of para-hydroxylation sites is 1. The lowest BCUT2D eigenvalue weighted by atomic mass is 10.0. The molecule has 1 aromatic carbocycles. The molecule has 5 heterocycles. The monoisotopic (exact) mass is 851 g/mol. The van der Waals surface area contributed by atoms with Crippen molar-refractivity contribution in [3.05, 3.63) is 41.2 Å². The van der Waals surface area contributed by atoms with Gasteiger partial charge < -0.3 is 40.6 Å². The van der Waals surface area contributed by atoms with Crippen molar-refractivity contribution in [2.75, 3.05) is 41.5 Å². The molecule has 0 aliphatic carbocycles. The molecule has 3 fully saturated rings. The summed E-state index contributed by atoms with van der Waals surface area (Å²) in [5.74, 6) is -0.261. The maximum atomic E-state index is 13.7. The molecule has 6 amide bonds. The van der Waals surface area contributed by atoms with E-state index >= 15 is 0 Å². The number of aromatic amines is 1. The molecule has 0 radical (unpaired) electrons. The van der Waals surface area contributed by atoms with Crippen molar-refractivity contribution in [2.24, 2.45) is 5.73 Å². The number of amides is 6. The summed E-state index contributed by atoms with van der Waals surface area (Å²) < 4.78 is 20.9. The normalized spacial score (nSPS) is 21.1. The average Bonchev–Trinajstić information content (AvgIpc) is 3.94. The molecule has 0 saturated carbocycles. The van der Waals surface area contributed by atoms with Crippen LogP contribution in [0.4, 0.5) is 20.1 Å². The number of benzene rings is 1. The van der Waals surface area contributed by atoms with Gasteiger partial charge in [0.05, 0.1) is 43.9 Å². The SMILES string of the molecule is CCOC(=O)OC(C)OC(=O)C1=C(CSc2cn[nH]n2)CS[C@H]2C(NC(=O)Cc3cccc(NC4SCCS4)c3OC(=O)CC3CN(C(N)=O)C(=O)N3)C(=O)N12. The van der Waals surface area contributed by atoms with E-state index in [1.54, 1.807) is 48.6 Å². The van der Waals surface area contributed by atoms with Crippen molar-refractivity contribution in [3.63, 3.8) is 0 Å². The molecule has 1 aromatic heterocycles. The summed E-state index contributed by atoms with van der Waals surface area (Å²) in [5, 5.41) is 18.8. The molecule has 4 aliphatic rings.